The Bertz CT molecular complexity index is 5660. The van der Waals surface area contributed by atoms with Crippen molar-refractivity contribution in [1.82, 2.24) is 39.5 Å². The van der Waals surface area contributed by atoms with E-state index in [9.17, 15) is 45.4 Å². The second kappa shape index (κ2) is 38.7. The van der Waals surface area contributed by atoms with E-state index in [1.807, 2.05) is 118 Å². The molecule has 1 aliphatic heterocycles. The highest BCUT2D eigenvalue weighted by atomic mass is 127. The van der Waals surface area contributed by atoms with E-state index in [0.29, 0.717) is 54.2 Å². The number of aromatic nitrogens is 8. The number of hydrogen-bond acceptors (Lipinski definition) is 23. The van der Waals surface area contributed by atoms with Crippen LogP contribution in [0.15, 0.2) is 164 Å². The summed E-state index contributed by atoms with van der Waals surface area (Å²) >= 11 is 2.31. The van der Waals surface area contributed by atoms with Crippen LogP contribution < -0.4 is 28.4 Å². The van der Waals surface area contributed by atoms with Gasteiger partial charge in [-0.3, -0.25) is 20.2 Å². The standard InChI is InChI=1S/C28H32N4O3Si.C21H25IN4O2Si.C13H19BO3.C7H6N2O4.C7H8N2O3.C7H10N2O/c1-18-21(8-6-10-25(18)34)19-11-12-24-22(15-19)27(31-32(24)17-35-13-14-36(2,3)4)28-29-23-9-5-7-20(16-33)26(23)30-28;1-29(2,3)10-9-28-13-26-18-8-7-15(22)11-16(18)20(25-26)21-23-17-6-4-5-14(12-27)19(17)24-21;1-9-10(7-6-8-11(9)15)14-16-12(2,3)13(4,5)17-14;8-6-4(7(10)11)2-1-3-5(6)9(12)13;8-7-5(4-10)2-1-3-6(7)9(11)12;8-6-3-1-2-5(4-10)7(6)9/h5-12,15,33-34H,13-14,16-17H2,1-4H3,(H,29,30);4-8,11,27H,9-10,12-13H2,1-3H3,(H,23,24);6-8,15H,1-5H3;1-3H,8H2,(H,10,11);1-3,10H,4,8H2;1-3,10H,4,8-9H2. The third-order valence-electron chi connectivity index (χ3n) is 19.8. The Morgan fingerprint density at radius 2 is 0.983 bits per heavy atom. The first-order chi connectivity index (χ1) is 55.3. The van der Waals surface area contributed by atoms with Gasteiger partial charge in [-0.25, -0.2) is 24.1 Å². The predicted octanol–water partition coefficient (Wildman–Crippen LogP) is 14.9. The Morgan fingerprint density at radius 3 is 1.46 bits per heavy atom. The number of aliphatic hydroxyl groups excluding tert-OH is 4. The van der Waals surface area contributed by atoms with E-state index < -0.39 is 39.1 Å². The molecule has 5 heterocycles. The molecule has 1 saturated heterocycles. The van der Waals surface area contributed by atoms with Gasteiger partial charge in [-0.05, 0) is 171 Å². The lowest BCUT2D eigenvalue weighted by Gasteiger charge is -2.32. The molecule has 0 saturated carbocycles. The number of aliphatic hydroxyl groups is 4. The number of rotatable bonds is 21. The van der Waals surface area contributed by atoms with E-state index in [4.69, 9.17) is 77.2 Å². The number of para-hydroxylation sites is 5. The number of fused-ring (bicyclic) bond motifs is 4. The maximum Gasteiger partial charge on any atom is 0.495 e. The number of nitrogens with zero attached hydrogens (tertiary/aromatic N) is 8. The highest BCUT2D eigenvalue weighted by molar-refractivity contribution is 14.1. The van der Waals surface area contributed by atoms with Gasteiger partial charge in [0.25, 0.3) is 11.4 Å². The number of aromatic carboxylic acids is 1. The van der Waals surface area contributed by atoms with Gasteiger partial charge in [0.2, 0.25) is 0 Å². The van der Waals surface area contributed by atoms with Crippen LogP contribution in [0.25, 0.3) is 78.0 Å². The van der Waals surface area contributed by atoms with Crippen molar-refractivity contribution in [3.63, 3.8) is 0 Å². The molecule has 0 bridgehead atoms. The van der Waals surface area contributed by atoms with Gasteiger partial charge >= 0.3 is 13.1 Å². The van der Waals surface area contributed by atoms with Gasteiger partial charge in [-0.1, -0.05) is 124 Å². The molecule has 0 unspecified atom stereocenters. The van der Waals surface area contributed by atoms with Crippen molar-refractivity contribution in [3.8, 4) is 45.7 Å². The normalized spacial score (nSPS) is 12.8. The van der Waals surface area contributed by atoms with E-state index in [1.165, 1.54) is 24.3 Å². The molecule has 1 aliphatic rings. The van der Waals surface area contributed by atoms with Crippen LogP contribution in [0.2, 0.25) is 51.4 Å². The number of halogens is 1. The lowest BCUT2D eigenvalue weighted by atomic mass is 9.76. The summed E-state index contributed by atoms with van der Waals surface area (Å²) in [5, 5.41) is 97.7. The number of aromatic hydroxyl groups is 2. The lowest BCUT2D eigenvalue weighted by Crippen LogP contribution is -2.41. The summed E-state index contributed by atoms with van der Waals surface area (Å²) in [6, 6.07) is 50.3. The Balaban J connectivity index is 0.000000171. The fourth-order valence-electron chi connectivity index (χ4n) is 12.1. The van der Waals surface area contributed by atoms with Crippen LogP contribution in [0.5, 0.6) is 11.5 Å². The molecular weight excluding hydrogens is 1640 g/mol. The number of benzene rings is 9. The number of hydrogen-bond donors (Lipinski definition) is 13. The summed E-state index contributed by atoms with van der Waals surface area (Å²) in [4.78, 5) is 46.2. The van der Waals surface area contributed by atoms with Crippen LogP contribution in [-0.2, 0) is 58.7 Å². The molecule has 9 aromatic carbocycles. The number of carboxylic acids is 1. The third-order valence-corrected chi connectivity index (χ3v) is 23.9. The number of nitrogens with one attached hydrogen (secondary N) is 2. The van der Waals surface area contributed by atoms with Gasteiger partial charge in [0.05, 0.1) is 97.5 Å². The number of carboxylic acid groups (broad SMARTS) is 1. The molecule has 14 rings (SSSR count). The molecular formula is C83H100BIN14O16Si2. The number of H-pyrrole nitrogens is 2. The zero-order chi connectivity index (χ0) is 85.6. The van der Waals surface area contributed by atoms with Gasteiger partial charge in [0.1, 0.15) is 47.7 Å². The van der Waals surface area contributed by atoms with Gasteiger partial charge in [-0.15, -0.1) is 0 Å². The summed E-state index contributed by atoms with van der Waals surface area (Å²) in [7, 11) is -2.72. The van der Waals surface area contributed by atoms with Crippen LogP contribution in [0.4, 0.5) is 34.1 Å². The van der Waals surface area contributed by atoms with Crippen LogP contribution in [0.3, 0.4) is 0 Å². The number of ether oxygens (including phenoxy) is 2. The number of nitro groups is 2. The number of nitro benzene ring substituents is 2. The fraction of sp³-hybridized carbons (Fsp3) is 0.289. The van der Waals surface area contributed by atoms with E-state index >= 15 is 0 Å². The number of aromatic amines is 2. The molecule has 17 N–H and O–H groups in total. The molecule has 0 atom stereocenters. The molecule has 1 fully saturated rings. The first kappa shape index (κ1) is 89.8. The first-order valence-corrected chi connectivity index (χ1v) is 45.9. The van der Waals surface area contributed by atoms with Crippen LogP contribution in [0.1, 0.15) is 71.4 Å². The molecule has 616 valence electrons. The van der Waals surface area contributed by atoms with E-state index in [-0.39, 0.29) is 77.4 Å². The summed E-state index contributed by atoms with van der Waals surface area (Å²) in [5.74, 6) is 0.613. The largest absolute Gasteiger partial charge is 0.508 e. The van der Waals surface area contributed by atoms with Crippen molar-refractivity contribution >= 4 is 135 Å². The van der Waals surface area contributed by atoms with Gasteiger partial charge in [0.15, 0.2) is 11.6 Å². The maximum absolute atomic E-state index is 10.5. The summed E-state index contributed by atoms with van der Waals surface area (Å²) < 4.78 is 28.8. The zero-order valence-electron chi connectivity index (χ0n) is 67.3. The number of nitrogen functional groups attached to an aromatic ring is 4. The second-order valence-corrected chi connectivity index (χ2v) is 43.6. The first-order valence-electron chi connectivity index (χ1n) is 37.4. The van der Waals surface area contributed by atoms with Gasteiger partial charge < -0.3 is 87.4 Å². The number of anilines is 4. The minimum atomic E-state index is -1.28. The predicted molar refractivity (Wildman–Crippen MR) is 472 cm³/mol. The number of nitrogens with two attached hydrogens (primary N) is 4. The summed E-state index contributed by atoms with van der Waals surface area (Å²) in [6.07, 6.45) is 0. The molecule has 0 radical (unpaired) electrons. The van der Waals surface area contributed by atoms with Crippen LogP contribution >= 0.6 is 22.6 Å². The van der Waals surface area contributed by atoms with Crippen molar-refractivity contribution in [3.05, 3.63) is 227 Å². The summed E-state index contributed by atoms with van der Waals surface area (Å²) in [5.41, 5.74) is 34.7. The average Bonchev–Trinajstić information content (AvgIpc) is 1.62. The third kappa shape index (κ3) is 22.1. The maximum atomic E-state index is 10.5. The zero-order valence-corrected chi connectivity index (χ0v) is 71.5. The number of carbonyl (C=O) groups is 1. The van der Waals surface area contributed by atoms with E-state index in [0.717, 1.165) is 122 Å². The van der Waals surface area contributed by atoms with Gasteiger partial charge in [0, 0.05) is 78.1 Å². The van der Waals surface area contributed by atoms with Crippen molar-refractivity contribution < 1.29 is 69.2 Å². The molecule has 30 nitrogen and oxygen atoms in total. The number of phenols is 2. The molecule has 13 aromatic rings. The molecule has 0 aliphatic carbocycles. The van der Waals surface area contributed by atoms with Gasteiger partial charge in [-0.2, -0.15) is 10.2 Å². The molecule has 34 heteroatoms. The van der Waals surface area contributed by atoms with Crippen LogP contribution in [0, 0.1) is 37.6 Å². The Hall–Kier alpha value is -11.2. The lowest BCUT2D eigenvalue weighted by molar-refractivity contribution is -0.384. The average molecular weight is 1740 g/mol. The highest BCUT2D eigenvalue weighted by Gasteiger charge is 2.52. The minimum Gasteiger partial charge on any atom is -0.508 e. The summed E-state index contributed by atoms with van der Waals surface area (Å²) in [6.45, 7) is 27.7. The second-order valence-electron chi connectivity index (χ2n) is 31.1. The van der Waals surface area contributed by atoms with Crippen LogP contribution in [-0.4, -0.2) is 139 Å². The molecule has 4 aromatic heterocycles. The smallest absolute Gasteiger partial charge is 0.495 e. The van der Waals surface area contributed by atoms with Crippen molar-refractivity contribution in [2.24, 2.45) is 0 Å². The Kier molecular flexibility index (Phi) is 29.7. The number of phenolic OH excluding ortho intramolecular Hbond substituents is 2. The molecule has 0 spiro atoms. The van der Waals surface area contributed by atoms with E-state index in [2.05, 4.69) is 102 Å². The number of imidazole rings is 2. The van der Waals surface area contributed by atoms with E-state index in [1.54, 1.807) is 36.4 Å². The quantitative estimate of drug-likeness (QED) is 0.00793. The SMILES string of the molecule is C[Si](C)(C)CCOCn1nc(-c2nc3c(CO)cccc3[nH]2)c2cc(I)ccc21.Cc1c(O)cccc1-c1ccc2c(c1)c(-c1nc3c(CO)cccc3[nH]1)nn2COCC[Si](C)(C)C.Cc1c(O)cccc1B1OC(C)(C)C(C)(C)O1.Nc1c(C(=O)O)cccc1[N+](=O)[O-].Nc1c(CO)cccc1[N+](=O)[O-].Nc1cccc(CO)c1N. The van der Waals surface area contributed by atoms with Crippen molar-refractivity contribution in [1.29, 1.82) is 0 Å². The van der Waals surface area contributed by atoms with Crippen molar-refractivity contribution in [2.45, 2.75) is 144 Å². The van der Waals surface area contributed by atoms with Crippen molar-refractivity contribution in [2.75, 3.05) is 36.1 Å². The topological polar surface area (TPSA) is 479 Å². The highest BCUT2D eigenvalue weighted by Crippen LogP contribution is 2.39. The monoisotopic (exact) mass is 1740 g/mol. The fourth-order valence-corrected chi connectivity index (χ4v) is 14.1. The Labute approximate surface area is 692 Å². The Morgan fingerprint density at radius 1 is 0.556 bits per heavy atom. The molecule has 117 heavy (non-hydrogen) atoms. The molecule has 0 amide bonds. The minimum absolute atomic E-state index is 0.0324.